The third-order valence-corrected chi connectivity index (χ3v) is 2.64. The molecule has 0 saturated carbocycles. The van der Waals surface area contributed by atoms with E-state index < -0.39 is 6.10 Å². The molecule has 1 rings (SSSR count). The summed E-state index contributed by atoms with van der Waals surface area (Å²) >= 11 is 3.30. The van der Waals surface area contributed by atoms with Gasteiger partial charge in [-0.05, 0) is 12.6 Å². The van der Waals surface area contributed by atoms with Crippen LogP contribution in [0.15, 0.2) is 41.4 Å². The van der Waals surface area contributed by atoms with Gasteiger partial charge in [-0.15, -0.1) is 0 Å². The van der Waals surface area contributed by atoms with Crippen LogP contribution in [0.2, 0.25) is 0 Å². The van der Waals surface area contributed by atoms with Gasteiger partial charge in [-0.1, -0.05) is 52.8 Å². The van der Waals surface area contributed by atoms with Crippen molar-refractivity contribution in [3.63, 3.8) is 0 Å². The molecule has 1 N–H and O–H groups in total. The van der Waals surface area contributed by atoms with Crippen LogP contribution in [0.3, 0.4) is 0 Å². The van der Waals surface area contributed by atoms with Crippen molar-refractivity contribution >= 4 is 15.9 Å². The highest BCUT2D eigenvalue weighted by Gasteiger charge is 2.08. The van der Waals surface area contributed by atoms with Crippen LogP contribution in [0.1, 0.15) is 5.56 Å². The van der Waals surface area contributed by atoms with Crippen molar-refractivity contribution in [1.29, 1.82) is 0 Å². The molecule has 0 aliphatic carbocycles. The summed E-state index contributed by atoms with van der Waals surface area (Å²) in [5.41, 5.74) is 1.12. The summed E-state index contributed by atoms with van der Waals surface area (Å²) in [6.07, 6.45) is -0.481. The standard InChI is InChI=1S/C14H20BrNO2/c1-12(15)8-16(2)9-14(17)11-18-10-13-6-4-3-5-7-13/h3-7,14,17H,1,8-11H2,2H3/t14-/m1/s1. The molecule has 1 atom stereocenters. The fourth-order valence-corrected chi connectivity index (χ4v) is 2.09. The van der Waals surface area contributed by atoms with Crippen LogP contribution in [-0.4, -0.2) is 42.9 Å². The number of rotatable bonds is 8. The minimum atomic E-state index is -0.481. The van der Waals surface area contributed by atoms with E-state index in [1.54, 1.807) is 0 Å². The second-order valence-corrected chi connectivity index (χ2v) is 5.49. The first-order chi connectivity index (χ1) is 8.58. The third kappa shape index (κ3) is 6.91. The van der Waals surface area contributed by atoms with Crippen LogP contribution >= 0.6 is 15.9 Å². The molecule has 0 aliphatic rings. The SMILES string of the molecule is C=C(Br)CN(C)C[C@@H](O)COCc1ccccc1. The highest BCUT2D eigenvalue weighted by atomic mass is 79.9. The van der Waals surface area contributed by atoms with Crippen LogP contribution in [0, 0.1) is 0 Å². The molecule has 1 aromatic rings. The summed E-state index contributed by atoms with van der Waals surface area (Å²) in [6, 6.07) is 9.94. The molecular formula is C14H20BrNO2. The van der Waals surface area contributed by atoms with E-state index in [1.807, 2.05) is 42.3 Å². The minimum Gasteiger partial charge on any atom is -0.389 e. The van der Waals surface area contributed by atoms with Gasteiger partial charge in [0.05, 0.1) is 19.3 Å². The van der Waals surface area contributed by atoms with E-state index in [-0.39, 0.29) is 0 Å². The summed E-state index contributed by atoms with van der Waals surface area (Å²) in [7, 11) is 1.94. The zero-order valence-corrected chi connectivity index (χ0v) is 12.3. The van der Waals surface area contributed by atoms with E-state index in [0.717, 1.165) is 16.6 Å². The average molecular weight is 314 g/mol. The molecule has 0 fully saturated rings. The first-order valence-electron chi connectivity index (χ1n) is 5.89. The van der Waals surface area contributed by atoms with E-state index in [2.05, 4.69) is 22.5 Å². The summed E-state index contributed by atoms with van der Waals surface area (Å²) in [4.78, 5) is 1.99. The molecule has 0 unspecified atom stereocenters. The van der Waals surface area contributed by atoms with Gasteiger partial charge in [0, 0.05) is 17.6 Å². The lowest BCUT2D eigenvalue weighted by atomic mass is 10.2. The lowest BCUT2D eigenvalue weighted by molar-refractivity contribution is 0.0151. The minimum absolute atomic E-state index is 0.341. The van der Waals surface area contributed by atoms with Gasteiger partial charge in [-0.3, -0.25) is 4.90 Å². The topological polar surface area (TPSA) is 32.7 Å². The second-order valence-electron chi connectivity index (χ2n) is 4.37. The summed E-state index contributed by atoms with van der Waals surface area (Å²) in [5.74, 6) is 0. The van der Waals surface area contributed by atoms with Gasteiger partial charge in [0.2, 0.25) is 0 Å². The first kappa shape index (κ1) is 15.4. The maximum atomic E-state index is 9.80. The molecule has 0 radical (unpaired) electrons. The van der Waals surface area contributed by atoms with Gasteiger partial charge < -0.3 is 9.84 Å². The van der Waals surface area contributed by atoms with Crippen LogP contribution in [0.5, 0.6) is 0 Å². The summed E-state index contributed by atoms with van der Waals surface area (Å²) in [5, 5.41) is 9.80. The number of likely N-dealkylation sites (N-methyl/N-ethyl adjacent to an activating group) is 1. The predicted octanol–water partition coefficient (Wildman–Crippen LogP) is 2.40. The van der Waals surface area contributed by atoms with Crippen molar-refractivity contribution < 1.29 is 9.84 Å². The average Bonchev–Trinajstić information content (AvgIpc) is 2.29. The molecule has 0 aliphatic heterocycles. The molecule has 0 spiro atoms. The molecular weight excluding hydrogens is 294 g/mol. The number of halogens is 1. The Morgan fingerprint density at radius 2 is 2.11 bits per heavy atom. The Labute approximate surface area is 117 Å². The Morgan fingerprint density at radius 3 is 2.72 bits per heavy atom. The largest absolute Gasteiger partial charge is 0.389 e. The van der Waals surface area contributed by atoms with Crippen LogP contribution < -0.4 is 0 Å². The van der Waals surface area contributed by atoms with Crippen molar-refractivity contribution in [2.75, 3.05) is 26.7 Å². The zero-order chi connectivity index (χ0) is 13.4. The van der Waals surface area contributed by atoms with Crippen molar-refractivity contribution in [1.82, 2.24) is 4.90 Å². The fourth-order valence-electron chi connectivity index (χ4n) is 1.66. The van der Waals surface area contributed by atoms with E-state index in [0.29, 0.717) is 19.8 Å². The molecule has 3 nitrogen and oxygen atoms in total. The Kier molecular flexibility index (Phi) is 7.20. The van der Waals surface area contributed by atoms with Crippen LogP contribution in [0.4, 0.5) is 0 Å². The molecule has 0 amide bonds. The van der Waals surface area contributed by atoms with Crippen molar-refractivity contribution in [2.45, 2.75) is 12.7 Å². The molecule has 1 aromatic carbocycles. The number of aliphatic hydroxyl groups is 1. The van der Waals surface area contributed by atoms with E-state index >= 15 is 0 Å². The Balaban J connectivity index is 2.17. The number of nitrogens with zero attached hydrogens (tertiary/aromatic N) is 1. The lowest BCUT2D eigenvalue weighted by Crippen LogP contribution is -2.32. The van der Waals surface area contributed by atoms with Crippen LogP contribution in [0.25, 0.3) is 0 Å². The molecule has 100 valence electrons. The number of hydrogen-bond donors (Lipinski definition) is 1. The van der Waals surface area contributed by atoms with Crippen molar-refractivity contribution in [2.24, 2.45) is 0 Å². The van der Waals surface area contributed by atoms with Gasteiger partial charge in [-0.25, -0.2) is 0 Å². The Bertz CT molecular complexity index is 356. The molecule has 18 heavy (non-hydrogen) atoms. The monoisotopic (exact) mass is 313 g/mol. The molecule has 0 aromatic heterocycles. The maximum absolute atomic E-state index is 9.80. The lowest BCUT2D eigenvalue weighted by Gasteiger charge is -2.20. The van der Waals surface area contributed by atoms with E-state index in [1.165, 1.54) is 0 Å². The molecule has 0 bridgehead atoms. The number of aliphatic hydroxyl groups excluding tert-OH is 1. The molecule has 0 saturated heterocycles. The van der Waals surface area contributed by atoms with Gasteiger partial charge >= 0.3 is 0 Å². The third-order valence-electron chi connectivity index (χ3n) is 2.39. The first-order valence-corrected chi connectivity index (χ1v) is 6.69. The number of hydrogen-bond acceptors (Lipinski definition) is 3. The predicted molar refractivity (Wildman–Crippen MR) is 77.7 cm³/mol. The smallest absolute Gasteiger partial charge is 0.0900 e. The number of ether oxygens (including phenoxy) is 1. The summed E-state index contributed by atoms with van der Waals surface area (Å²) < 4.78 is 6.38. The van der Waals surface area contributed by atoms with Gasteiger partial charge in [0.1, 0.15) is 0 Å². The Morgan fingerprint density at radius 1 is 1.44 bits per heavy atom. The highest BCUT2D eigenvalue weighted by Crippen LogP contribution is 2.04. The molecule has 0 heterocycles. The zero-order valence-electron chi connectivity index (χ0n) is 10.7. The van der Waals surface area contributed by atoms with Gasteiger partial charge in [0.15, 0.2) is 0 Å². The maximum Gasteiger partial charge on any atom is 0.0900 e. The van der Waals surface area contributed by atoms with Gasteiger partial charge in [-0.2, -0.15) is 0 Å². The van der Waals surface area contributed by atoms with Crippen molar-refractivity contribution in [3.05, 3.63) is 47.0 Å². The van der Waals surface area contributed by atoms with Gasteiger partial charge in [0.25, 0.3) is 0 Å². The Hall–Kier alpha value is -0.680. The highest BCUT2D eigenvalue weighted by molar-refractivity contribution is 9.11. The second kappa shape index (κ2) is 8.43. The normalized spacial score (nSPS) is 12.7. The fraction of sp³-hybridized carbons (Fsp3) is 0.429. The summed E-state index contributed by atoms with van der Waals surface area (Å²) in [6.45, 7) is 5.93. The van der Waals surface area contributed by atoms with E-state index in [4.69, 9.17) is 4.74 Å². The number of benzene rings is 1. The van der Waals surface area contributed by atoms with E-state index in [9.17, 15) is 5.11 Å². The van der Waals surface area contributed by atoms with Crippen LogP contribution in [-0.2, 0) is 11.3 Å². The molecule has 4 heteroatoms. The quantitative estimate of drug-likeness (QED) is 0.800. The van der Waals surface area contributed by atoms with Crippen molar-refractivity contribution in [3.8, 4) is 0 Å².